The molecule has 0 unspecified atom stereocenters. The number of hydrogen-bond acceptors (Lipinski definition) is 0. The summed E-state index contributed by atoms with van der Waals surface area (Å²) in [6, 6.07) is 0. The van der Waals surface area contributed by atoms with Gasteiger partial charge >= 0.3 is 63.0 Å². The fourth-order valence-corrected chi connectivity index (χ4v) is 15.0. The molecule has 0 aliphatic heterocycles. The first-order valence-electron chi connectivity index (χ1n) is 11.7. The van der Waals surface area contributed by atoms with Gasteiger partial charge in [-0.3, -0.25) is 0 Å². The third kappa shape index (κ3) is 8.31. The van der Waals surface area contributed by atoms with E-state index in [0.29, 0.717) is 0 Å². The molecular formula is C23H40Cl2P2Ru+2. The fraction of sp³-hybridized carbons (Fsp3) is 0.870. The molecule has 6 rings (SSSR count). The summed E-state index contributed by atoms with van der Waals surface area (Å²) in [5.41, 5.74) is 9.10. The van der Waals surface area contributed by atoms with Crippen molar-refractivity contribution in [2.24, 2.45) is 0 Å². The van der Waals surface area contributed by atoms with E-state index in [0.717, 1.165) is 0 Å². The summed E-state index contributed by atoms with van der Waals surface area (Å²) in [7, 11) is 11.5. The second kappa shape index (κ2) is 10.5. The molecule has 6 aliphatic rings. The molecule has 0 bridgehead atoms. The average Bonchev–Trinajstić information content (AvgIpc) is 3.43. The van der Waals surface area contributed by atoms with E-state index >= 15 is 0 Å². The molecule has 162 valence electrons. The van der Waals surface area contributed by atoms with E-state index in [1.165, 1.54) is 39.5 Å². The minimum atomic E-state index is -1.52. The van der Waals surface area contributed by atoms with Crippen LogP contribution in [0.5, 0.6) is 0 Å². The van der Waals surface area contributed by atoms with E-state index in [1.54, 1.807) is 77.0 Å². The van der Waals surface area contributed by atoms with Crippen molar-refractivity contribution in [1.29, 1.82) is 0 Å². The summed E-state index contributed by atoms with van der Waals surface area (Å²) in [5, 5.41) is 0. The van der Waals surface area contributed by atoms with Crippen LogP contribution < -0.4 is 0 Å². The van der Waals surface area contributed by atoms with Crippen molar-refractivity contribution in [3.8, 4) is 0 Å². The van der Waals surface area contributed by atoms with E-state index in [2.05, 4.69) is 0 Å². The van der Waals surface area contributed by atoms with Crippen molar-refractivity contribution in [3.63, 3.8) is 0 Å². The molecule has 0 N–H and O–H groups in total. The fourth-order valence-electron chi connectivity index (χ4n) is 4.66. The molecule has 0 aromatic carbocycles. The minimum absolute atomic E-state index is 0.238. The van der Waals surface area contributed by atoms with Crippen LogP contribution in [0.25, 0.3) is 0 Å². The Hall–Kier alpha value is 1.67. The molecule has 0 spiro atoms. The zero-order chi connectivity index (χ0) is 19.7. The van der Waals surface area contributed by atoms with Gasteiger partial charge in [0.1, 0.15) is 0 Å². The van der Waals surface area contributed by atoms with Gasteiger partial charge in [-0.05, 0) is 77.0 Å². The van der Waals surface area contributed by atoms with Gasteiger partial charge < -0.3 is 0 Å². The Bertz CT molecular complexity index is 466. The molecule has 0 aromatic heterocycles. The number of hydrogen-bond donors (Lipinski definition) is 0. The van der Waals surface area contributed by atoms with Gasteiger partial charge in [-0.2, -0.15) is 0 Å². The molecule has 0 heterocycles. The Labute approximate surface area is 189 Å². The van der Waals surface area contributed by atoms with Crippen molar-refractivity contribution in [2.75, 3.05) is 0 Å². The van der Waals surface area contributed by atoms with Crippen molar-refractivity contribution in [2.45, 2.75) is 125 Å². The second-order valence-electron chi connectivity index (χ2n) is 10.2. The van der Waals surface area contributed by atoms with E-state index in [-0.39, 0.29) is 15.8 Å². The number of rotatable bonds is 7. The molecule has 0 aromatic rings. The van der Waals surface area contributed by atoms with Crippen LogP contribution in [0.3, 0.4) is 0 Å². The molecule has 28 heavy (non-hydrogen) atoms. The van der Waals surface area contributed by atoms with Crippen molar-refractivity contribution in [1.82, 2.24) is 0 Å². The first-order chi connectivity index (χ1) is 13.5. The first kappa shape index (κ1) is 22.9. The Kier molecular flexibility index (Phi) is 8.59. The predicted molar refractivity (Wildman–Crippen MR) is 132 cm³/mol. The molecule has 0 saturated heterocycles. The third-order valence-electron chi connectivity index (χ3n) is 6.77. The first-order valence-corrected chi connectivity index (χ1v) is 20.7. The third-order valence-corrected chi connectivity index (χ3v) is 17.7. The van der Waals surface area contributed by atoms with Gasteiger partial charge in [-0.1, -0.05) is 0 Å². The van der Waals surface area contributed by atoms with Gasteiger partial charge in [0.2, 0.25) is 0 Å². The van der Waals surface area contributed by atoms with Crippen molar-refractivity contribution in [3.05, 3.63) is 11.6 Å². The monoisotopic (exact) mass is 550 g/mol. The van der Waals surface area contributed by atoms with Crippen LogP contribution in [-0.4, -0.2) is 38.6 Å². The molecule has 0 atom stereocenters. The molecule has 6 aliphatic carbocycles. The summed E-state index contributed by atoms with van der Waals surface area (Å²) in [6.07, 6.45) is 21.5. The summed E-state index contributed by atoms with van der Waals surface area (Å²) in [6.45, 7) is 4.03. The Morgan fingerprint density at radius 1 is 0.607 bits per heavy atom. The summed E-state index contributed by atoms with van der Waals surface area (Å²) in [4.78, 5) is 0. The van der Waals surface area contributed by atoms with Gasteiger partial charge in [0.05, 0.1) is 34.0 Å². The molecule has 6 saturated carbocycles. The average molecular weight is 550 g/mol. The number of halogens is 2. The van der Waals surface area contributed by atoms with Crippen molar-refractivity contribution < 1.29 is 13.5 Å². The summed E-state index contributed by atoms with van der Waals surface area (Å²) in [5.74, 6) is 0. The van der Waals surface area contributed by atoms with E-state index in [9.17, 15) is 0 Å². The standard InChI is InChI=1S/2C9H15P.C5H8.2ClH.Ru/c2*1-2-7(1)10(8-3-4-8)9-5-6-9;1-4-5(2)3;;;/h2*7-9H,1-6H2;1,4H,2-3H3;2*1H;/q;;;;;+2. The van der Waals surface area contributed by atoms with Gasteiger partial charge in [0, 0.05) is 15.8 Å². The van der Waals surface area contributed by atoms with Crippen LogP contribution in [-0.2, 0) is 13.5 Å². The second-order valence-corrected chi connectivity index (χ2v) is 22.9. The van der Waals surface area contributed by atoms with Crippen LogP contribution in [0.2, 0.25) is 0 Å². The maximum absolute atomic E-state index is 5.53. The Balaban J connectivity index is 0.000000104. The van der Waals surface area contributed by atoms with Crippen LogP contribution in [0.4, 0.5) is 0 Å². The molecule has 6 fully saturated rings. The summed E-state index contributed by atoms with van der Waals surface area (Å²) >= 11 is -1.52. The van der Waals surface area contributed by atoms with Gasteiger partial charge in [0.25, 0.3) is 0 Å². The zero-order valence-corrected chi connectivity index (χ0v) is 23.0. The van der Waals surface area contributed by atoms with Crippen LogP contribution >= 0.6 is 35.2 Å². The molecule has 0 radical (unpaired) electrons. The van der Waals surface area contributed by atoms with Gasteiger partial charge in [-0.15, -0.1) is 0 Å². The molecule has 5 heteroatoms. The van der Waals surface area contributed by atoms with E-state index in [1.807, 2.05) is 24.5 Å². The summed E-state index contributed by atoms with van der Waals surface area (Å²) < 4.78 is 1.88. The zero-order valence-electron chi connectivity index (χ0n) is 17.7. The van der Waals surface area contributed by atoms with E-state index in [4.69, 9.17) is 19.4 Å². The van der Waals surface area contributed by atoms with Crippen LogP contribution in [0, 0.1) is 0 Å². The predicted octanol–water partition coefficient (Wildman–Crippen LogP) is 8.06. The topological polar surface area (TPSA) is 0 Å². The SMILES string of the molecule is C1CC1[PH+](C1CC1)C1CC1.C1CC1[PH+](C1CC1)C1CC1.CC(C)=C[CH]=[Ru]([Cl])[Cl]. The Morgan fingerprint density at radius 2 is 0.857 bits per heavy atom. The van der Waals surface area contributed by atoms with Gasteiger partial charge in [-0.25, -0.2) is 0 Å². The van der Waals surface area contributed by atoms with Crippen molar-refractivity contribution >= 4 is 39.8 Å². The molecule has 0 nitrogen and oxygen atoms in total. The molecular weight excluding hydrogens is 510 g/mol. The molecule has 0 amide bonds. The normalized spacial score (nSPS) is 26.7. The van der Waals surface area contributed by atoms with Crippen LogP contribution in [0.15, 0.2) is 11.6 Å². The van der Waals surface area contributed by atoms with Crippen LogP contribution in [0.1, 0.15) is 90.9 Å². The Morgan fingerprint density at radius 3 is 0.964 bits per heavy atom. The number of allylic oxidation sites excluding steroid dienone is 2. The van der Waals surface area contributed by atoms with Gasteiger partial charge in [0.15, 0.2) is 0 Å². The maximum atomic E-state index is 5.53. The quantitative estimate of drug-likeness (QED) is 0.222. The van der Waals surface area contributed by atoms with E-state index < -0.39 is 13.5 Å².